The van der Waals surface area contributed by atoms with Crippen LogP contribution >= 0.6 is 15.9 Å². The van der Waals surface area contributed by atoms with E-state index in [-0.39, 0.29) is 11.4 Å². The summed E-state index contributed by atoms with van der Waals surface area (Å²) in [4.78, 5) is 2.30. The third kappa shape index (κ3) is 1.97. The molecule has 0 bridgehead atoms. The van der Waals surface area contributed by atoms with Crippen LogP contribution in [0.1, 0.15) is 18.4 Å². The zero-order valence-electron chi connectivity index (χ0n) is 9.80. The van der Waals surface area contributed by atoms with Gasteiger partial charge in [-0.1, -0.05) is 15.9 Å². The van der Waals surface area contributed by atoms with Gasteiger partial charge in [0.2, 0.25) is 0 Å². The Kier molecular flexibility index (Phi) is 2.67. The number of fused-ring (bicyclic) bond motifs is 1. The fourth-order valence-electron chi connectivity index (χ4n) is 2.76. The third-order valence-electron chi connectivity index (χ3n) is 3.81. The molecule has 2 nitrogen and oxygen atoms in total. The Labute approximate surface area is 109 Å². The highest BCUT2D eigenvalue weighted by atomic mass is 79.9. The second kappa shape index (κ2) is 3.95. The minimum atomic E-state index is -0.245. The van der Waals surface area contributed by atoms with E-state index in [9.17, 15) is 4.39 Å². The quantitative estimate of drug-likeness (QED) is 0.730. The number of ether oxygens (including phenoxy) is 1. The molecule has 0 N–H and O–H groups in total. The highest BCUT2D eigenvalue weighted by Gasteiger charge is 2.42. The van der Waals surface area contributed by atoms with Gasteiger partial charge in [0.1, 0.15) is 5.60 Å². The molecule has 4 heteroatoms. The van der Waals surface area contributed by atoms with Crippen LogP contribution in [0.5, 0.6) is 5.75 Å². The summed E-state index contributed by atoms with van der Waals surface area (Å²) >= 11 is 3.33. The monoisotopic (exact) mass is 299 g/mol. The molecule has 0 amide bonds. The average Bonchev–Trinajstić information content (AvgIpc) is 2.62. The van der Waals surface area contributed by atoms with Crippen molar-refractivity contribution in [2.24, 2.45) is 0 Å². The molecule has 0 unspecified atom stereocenters. The number of hydrogen-bond donors (Lipinski definition) is 0. The highest BCUT2D eigenvalue weighted by molar-refractivity contribution is 9.10. The SMILES string of the molecule is CN1CCC2(CC1)Cc1cc(Br)cc(F)c1O2. The van der Waals surface area contributed by atoms with Crippen molar-refractivity contribution in [2.75, 3.05) is 20.1 Å². The van der Waals surface area contributed by atoms with Crippen LogP contribution in [0.15, 0.2) is 16.6 Å². The molecule has 1 aromatic rings. The zero-order valence-corrected chi connectivity index (χ0v) is 11.4. The summed E-state index contributed by atoms with van der Waals surface area (Å²) in [6.07, 6.45) is 2.80. The lowest BCUT2D eigenvalue weighted by Gasteiger charge is -2.37. The van der Waals surface area contributed by atoms with Crippen LogP contribution in [0.4, 0.5) is 4.39 Å². The first-order valence-electron chi connectivity index (χ1n) is 5.93. The molecule has 1 spiro atoms. The van der Waals surface area contributed by atoms with Crippen molar-refractivity contribution in [1.29, 1.82) is 0 Å². The van der Waals surface area contributed by atoms with Crippen molar-refractivity contribution < 1.29 is 9.13 Å². The van der Waals surface area contributed by atoms with Gasteiger partial charge in [0.15, 0.2) is 11.6 Å². The fourth-order valence-corrected chi connectivity index (χ4v) is 3.24. The fraction of sp³-hybridized carbons (Fsp3) is 0.538. The molecule has 0 atom stereocenters. The Morgan fingerprint density at radius 2 is 2.06 bits per heavy atom. The molecular weight excluding hydrogens is 285 g/mol. The topological polar surface area (TPSA) is 12.5 Å². The zero-order chi connectivity index (χ0) is 12.0. The minimum Gasteiger partial charge on any atom is -0.483 e. The summed E-state index contributed by atoms with van der Waals surface area (Å²) in [6.45, 7) is 2.05. The van der Waals surface area contributed by atoms with Crippen LogP contribution in [0.3, 0.4) is 0 Å². The predicted molar refractivity (Wildman–Crippen MR) is 67.9 cm³/mol. The van der Waals surface area contributed by atoms with Crippen molar-refractivity contribution in [3.05, 3.63) is 28.0 Å². The molecule has 2 aliphatic rings. The number of rotatable bonds is 0. The van der Waals surface area contributed by atoms with Crippen LogP contribution in [0.25, 0.3) is 0 Å². The van der Waals surface area contributed by atoms with E-state index in [1.54, 1.807) is 0 Å². The lowest BCUT2D eigenvalue weighted by atomic mass is 9.87. The van der Waals surface area contributed by atoms with Gasteiger partial charge in [0.05, 0.1) is 0 Å². The molecule has 1 saturated heterocycles. The van der Waals surface area contributed by atoms with E-state index in [2.05, 4.69) is 27.9 Å². The van der Waals surface area contributed by atoms with Gasteiger partial charge in [-0.2, -0.15) is 0 Å². The Morgan fingerprint density at radius 1 is 1.35 bits per heavy atom. The molecule has 1 aromatic carbocycles. The summed E-state index contributed by atoms with van der Waals surface area (Å²) in [5.74, 6) is 0.225. The van der Waals surface area contributed by atoms with Gasteiger partial charge in [-0.25, -0.2) is 4.39 Å². The molecule has 92 valence electrons. The van der Waals surface area contributed by atoms with Gasteiger partial charge in [-0.15, -0.1) is 0 Å². The van der Waals surface area contributed by atoms with E-state index >= 15 is 0 Å². The lowest BCUT2D eigenvalue weighted by Crippen LogP contribution is -2.45. The second-order valence-electron chi connectivity index (χ2n) is 5.14. The van der Waals surface area contributed by atoms with Gasteiger partial charge in [0, 0.05) is 42.4 Å². The standard InChI is InChI=1S/C13H15BrFNO/c1-16-4-2-13(3-5-16)8-9-6-10(14)7-11(15)12(9)17-13/h6-7H,2-5,8H2,1H3. The summed E-state index contributed by atoms with van der Waals surface area (Å²) in [6, 6.07) is 3.46. The summed E-state index contributed by atoms with van der Waals surface area (Å²) in [5.41, 5.74) is 0.845. The largest absolute Gasteiger partial charge is 0.483 e. The maximum atomic E-state index is 13.8. The minimum absolute atomic E-state index is 0.156. The molecule has 2 heterocycles. The normalized spacial score (nSPS) is 22.5. The Morgan fingerprint density at radius 3 is 2.76 bits per heavy atom. The molecule has 17 heavy (non-hydrogen) atoms. The smallest absolute Gasteiger partial charge is 0.166 e. The van der Waals surface area contributed by atoms with E-state index in [0.717, 1.165) is 42.4 Å². The van der Waals surface area contributed by atoms with Crippen molar-refractivity contribution in [3.8, 4) is 5.75 Å². The van der Waals surface area contributed by atoms with Crippen LogP contribution < -0.4 is 4.74 Å². The molecule has 0 saturated carbocycles. The van der Waals surface area contributed by atoms with Gasteiger partial charge >= 0.3 is 0 Å². The maximum absolute atomic E-state index is 13.8. The Balaban J connectivity index is 1.90. The summed E-state index contributed by atoms with van der Waals surface area (Å²) in [5, 5.41) is 0. The van der Waals surface area contributed by atoms with Crippen molar-refractivity contribution in [3.63, 3.8) is 0 Å². The Bertz CT molecular complexity index is 455. The van der Waals surface area contributed by atoms with Crippen LogP contribution in [0, 0.1) is 5.82 Å². The van der Waals surface area contributed by atoms with E-state index in [4.69, 9.17) is 4.74 Å². The van der Waals surface area contributed by atoms with Gasteiger partial charge < -0.3 is 9.64 Å². The molecule has 2 aliphatic heterocycles. The van der Waals surface area contributed by atoms with Crippen LogP contribution in [-0.2, 0) is 6.42 Å². The lowest BCUT2D eigenvalue weighted by molar-refractivity contribution is 0.0247. The van der Waals surface area contributed by atoms with Crippen molar-refractivity contribution >= 4 is 15.9 Å². The number of nitrogens with zero attached hydrogens (tertiary/aromatic N) is 1. The van der Waals surface area contributed by atoms with E-state index in [1.165, 1.54) is 6.07 Å². The predicted octanol–water partition coefficient (Wildman–Crippen LogP) is 2.99. The van der Waals surface area contributed by atoms with Crippen LogP contribution in [-0.4, -0.2) is 30.6 Å². The molecule has 3 rings (SSSR count). The molecular formula is C13H15BrFNO. The summed E-state index contributed by atoms with van der Waals surface area (Å²) in [7, 11) is 2.12. The second-order valence-corrected chi connectivity index (χ2v) is 6.06. The first kappa shape index (κ1) is 11.5. The van der Waals surface area contributed by atoms with Crippen molar-refractivity contribution in [2.45, 2.75) is 24.9 Å². The Hall–Kier alpha value is -0.610. The van der Waals surface area contributed by atoms with Gasteiger partial charge in [-0.05, 0) is 19.2 Å². The molecule has 0 aliphatic carbocycles. The molecule has 0 radical (unpaired) electrons. The third-order valence-corrected chi connectivity index (χ3v) is 4.27. The van der Waals surface area contributed by atoms with E-state index < -0.39 is 0 Å². The number of benzene rings is 1. The number of hydrogen-bond acceptors (Lipinski definition) is 2. The van der Waals surface area contributed by atoms with Gasteiger partial charge in [-0.3, -0.25) is 0 Å². The average molecular weight is 300 g/mol. The van der Waals surface area contributed by atoms with Crippen LogP contribution in [0.2, 0.25) is 0 Å². The van der Waals surface area contributed by atoms with Gasteiger partial charge in [0.25, 0.3) is 0 Å². The molecule has 1 fully saturated rings. The highest BCUT2D eigenvalue weighted by Crippen LogP contribution is 2.43. The molecule has 0 aromatic heterocycles. The van der Waals surface area contributed by atoms with E-state index in [1.807, 2.05) is 6.07 Å². The summed E-state index contributed by atoms with van der Waals surface area (Å²) < 4.78 is 20.5. The first-order valence-corrected chi connectivity index (χ1v) is 6.73. The number of piperidine rings is 1. The number of likely N-dealkylation sites (tertiary alicyclic amines) is 1. The first-order chi connectivity index (χ1) is 8.08. The van der Waals surface area contributed by atoms with Crippen molar-refractivity contribution in [1.82, 2.24) is 4.90 Å². The maximum Gasteiger partial charge on any atom is 0.166 e. The van der Waals surface area contributed by atoms with E-state index in [0.29, 0.717) is 5.75 Å². The number of halogens is 2.